The van der Waals surface area contributed by atoms with Crippen LogP contribution < -0.4 is 10.2 Å². The second kappa shape index (κ2) is 8.07. The SMILES string of the molecule is Cc1cccc(Nc2nn(C[NH+](C)Cc3cccc(F)c3)c(=S)s2)c1C. The van der Waals surface area contributed by atoms with E-state index in [4.69, 9.17) is 12.2 Å². The summed E-state index contributed by atoms with van der Waals surface area (Å²) in [7, 11) is 2.05. The molecule has 7 heteroatoms. The van der Waals surface area contributed by atoms with E-state index in [0.717, 1.165) is 20.3 Å². The second-order valence-corrected chi connectivity index (χ2v) is 8.09. The molecule has 0 saturated heterocycles. The van der Waals surface area contributed by atoms with Gasteiger partial charge in [0, 0.05) is 11.3 Å². The highest BCUT2D eigenvalue weighted by Crippen LogP contribution is 2.24. The minimum Gasteiger partial charge on any atom is -0.330 e. The van der Waals surface area contributed by atoms with E-state index in [1.54, 1.807) is 12.1 Å². The van der Waals surface area contributed by atoms with Gasteiger partial charge in [-0.2, -0.15) is 4.68 Å². The highest BCUT2D eigenvalue weighted by molar-refractivity contribution is 7.73. The van der Waals surface area contributed by atoms with E-state index in [1.807, 2.05) is 29.9 Å². The molecule has 0 aliphatic heterocycles. The molecule has 0 saturated carbocycles. The molecule has 0 aliphatic carbocycles. The zero-order chi connectivity index (χ0) is 18.7. The fraction of sp³-hybridized carbons (Fsp3) is 0.263. The Morgan fingerprint density at radius 2 is 2.00 bits per heavy atom. The highest BCUT2D eigenvalue weighted by Gasteiger charge is 2.11. The molecule has 0 bridgehead atoms. The molecule has 1 unspecified atom stereocenters. The molecular formula is C19H22FN4S2+. The van der Waals surface area contributed by atoms with E-state index in [2.05, 4.69) is 30.3 Å². The maximum atomic E-state index is 13.3. The standard InChI is InChI=1S/C19H21FN4S2/c1-13-6-4-9-17(14(13)2)21-18-22-24(19(25)26-18)12-23(3)11-15-7-5-8-16(20)10-15/h4-10H,11-12H2,1-3H3,(H,21,22)/p+1. The van der Waals surface area contributed by atoms with Crippen LogP contribution in [-0.4, -0.2) is 16.8 Å². The summed E-state index contributed by atoms with van der Waals surface area (Å²) >= 11 is 6.91. The first-order valence-corrected chi connectivity index (χ1v) is 9.62. The number of nitrogens with zero attached hydrogens (tertiary/aromatic N) is 2. The quantitative estimate of drug-likeness (QED) is 0.629. The third kappa shape index (κ3) is 4.55. The van der Waals surface area contributed by atoms with Gasteiger partial charge in [-0.3, -0.25) is 0 Å². The number of rotatable bonds is 6. The topological polar surface area (TPSA) is 34.3 Å². The predicted molar refractivity (Wildman–Crippen MR) is 107 cm³/mol. The van der Waals surface area contributed by atoms with Crippen LogP contribution in [0.2, 0.25) is 0 Å². The predicted octanol–water partition coefficient (Wildman–Crippen LogP) is 3.85. The number of nitrogens with one attached hydrogen (secondary N) is 2. The first-order valence-electron chi connectivity index (χ1n) is 8.39. The average molecular weight is 390 g/mol. The van der Waals surface area contributed by atoms with E-state index in [-0.39, 0.29) is 5.82 Å². The number of halogens is 1. The fourth-order valence-corrected chi connectivity index (χ4v) is 3.78. The molecule has 0 spiro atoms. The maximum Gasteiger partial charge on any atom is 0.209 e. The Hall–Kier alpha value is -2.09. The van der Waals surface area contributed by atoms with Crippen molar-refractivity contribution in [3.8, 4) is 0 Å². The number of aromatic nitrogens is 2. The molecule has 3 rings (SSSR count). The smallest absolute Gasteiger partial charge is 0.209 e. The molecule has 0 aliphatic rings. The van der Waals surface area contributed by atoms with Gasteiger partial charge in [-0.25, -0.2) is 4.39 Å². The Morgan fingerprint density at radius 1 is 1.23 bits per heavy atom. The molecule has 0 amide bonds. The molecule has 2 N–H and O–H groups in total. The van der Waals surface area contributed by atoms with Crippen molar-refractivity contribution >= 4 is 34.4 Å². The van der Waals surface area contributed by atoms with Crippen LogP contribution in [0.4, 0.5) is 15.2 Å². The molecule has 136 valence electrons. The van der Waals surface area contributed by atoms with Crippen LogP contribution >= 0.6 is 23.6 Å². The summed E-state index contributed by atoms with van der Waals surface area (Å²) in [6, 6.07) is 12.8. The van der Waals surface area contributed by atoms with Crippen molar-refractivity contribution in [2.24, 2.45) is 0 Å². The van der Waals surface area contributed by atoms with Crippen LogP contribution in [0.5, 0.6) is 0 Å². The summed E-state index contributed by atoms with van der Waals surface area (Å²) < 4.78 is 15.9. The number of anilines is 2. The van der Waals surface area contributed by atoms with Crippen LogP contribution in [0.3, 0.4) is 0 Å². The minimum atomic E-state index is -0.208. The Balaban J connectivity index is 1.70. The van der Waals surface area contributed by atoms with Crippen molar-refractivity contribution < 1.29 is 9.29 Å². The normalized spacial score (nSPS) is 12.2. The van der Waals surface area contributed by atoms with E-state index in [0.29, 0.717) is 13.2 Å². The third-order valence-corrected chi connectivity index (χ3v) is 5.49. The second-order valence-electron chi connectivity index (χ2n) is 6.47. The lowest BCUT2D eigenvalue weighted by Gasteiger charge is -2.14. The Kier molecular flexibility index (Phi) is 5.80. The van der Waals surface area contributed by atoms with E-state index in [1.165, 1.54) is 33.4 Å². The summed E-state index contributed by atoms with van der Waals surface area (Å²) in [5, 5.41) is 8.75. The largest absolute Gasteiger partial charge is 0.330 e. The van der Waals surface area contributed by atoms with E-state index in [9.17, 15) is 4.39 Å². The van der Waals surface area contributed by atoms with Gasteiger partial charge in [-0.1, -0.05) is 35.6 Å². The van der Waals surface area contributed by atoms with E-state index < -0.39 is 0 Å². The first-order chi connectivity index (χ1) is 12.4. The van der Waals surface area contributed by atoms with Crippen LogP contribution in [-0.2, 0) is 13.2 Å². The summed E-state index contributed by atoms with van der Waals surface area (Å²) in [6.45, 7) is 5.51. The van der Waals surface area contributed by atoms with Crippen molar-refractivity contribution in [3.63, 3.8) is 0 Å². The Labute approximate surface area is 161 Å². The van der Waals surface area contributed by atoms with Gasteiger partial charge in [-0.15, -0.1) is 5.10 Å². The summed E-state index contributed by atoms with van der Waals surface area (Å²) in [5.41, 5.74) is 4.44. The Morgan fingerprint density at radius 3 is 2.77 bits per heavy atom. The Bertz CT molecular complexity index is 964. The summed E-state index contributed by atoms with van der Waals surface area (Å²) in [5.74, 6) is -0.208. The molecule has 0 fully saturated rings. The molecule has 0 radical (unpaired) electrons. The van der Waals surface area contributed by atoms with Gasteiger partial charge in [0.15, 0.2) is 10.6 Å². The number of quaternary nitrogens is 1. The van der Waals surface area contributed by atoms with Gasteiger partial charge in [0.2, 0.25) is 5.13 Å². The number of hydrogen-bond donors (Lipinski definition) is 2. The van der Waals surface area contributed by atoms with Crippen molar-refractivity contribution in [1.29, 1.82) is 0 Å². The van der Waals surface area contributed by atoms with Crippen molar-refractivity contribution in [2.45, 2.75) is 27.1 Å². The monoisotopic (exact) mass is 389 g/mol. The van der Waals surface area contributed by atoms with Crippen molar-refractivity contribution in [3.05, 3.63) is 68.9 Å². The molecule has 1 atom stereocenters. The summed E-state index contributed by atoms with van der Waals surface area (Å²) in [4.78, 5) is 1.18. The third-order valence-electron chi connectivity index (χ3n) is 4.27. The van der Waals surface area contributed by atoms with Gasteiger partial charge in [0.1, 0.15) is 12.4 Å². The lowest BCUT2D eigenvalue weighted by molar-refractivity contribution is -0.917. The summed E-state index contributed by atoms with van der Waals surface area (Å²) in [6.07, 6.45) is 0. The van der Waals surface area contributed by atoms with Crippen LogP contribution in [0.1, 0.15) is 16.7 Å². The fourth-order valence-electron chi connectivity index (χ4n) is 2.77. The first kappa shape index (κ1) is 18.7. The van der Waals surface area contributed by atoms with E-state index >= 15 is 0 Å². The molecule has 2 aromatic carbocycles. The molecule has 4 nitrogen and oxygen atoms in total. The number of hydrogen-bond acceptors (Lipinski definition) is 4. The van der Waals surface area contributed by atoms with Crippen molar-refractivity contribution in [1.82, 2.24) is 9.78 Å². The van der Waals surface area contributed by atoms with Gasteiger partial charge >= 0.3 is 0 Å². The van der Waals surface area contributed by atoms with Gasteiger partial charge in [0.25, 0.3) is 0 Å². The van der Waals surface area contributed by atoms with Gasteiger partial charge in [0.05, 0.1) is 7.05 Å². The lowest BCUT2D eigenvalue weighted by atomic mass is 10.1. The maximum absolute atomic E-state index is 13.3. The average Bonchev–Trinajstić information content (AvgIpc) is 2.91. The molecule has 1 heterocycles. The van der Waals surface area contributed by atoms with Crippen LogP contribution in [0, 0.1) is 23.6 Å². The van der Waals surface area contributed by atoms with Crippen LogP contribution in [0.15, 0.2) is 42.5 Å². The van der Waals surface area contributed by atoms with Gasteiger partial charge in [-0.05, 0) is 55.4 Å². The highest BCUT2D eigenvalue weighted by atomic mass is 32.1. The molecular weight excluding hydrogens is 367 g/mol. The number of benzene rings is 2. The lowest BCUT2D eigenvalue weighted by Crippen LogP contribution is -3.07. The minimum absolute atomic E-state index is 0.208. The zero-order valence-corrected chi connectivity index (χ0v) is 16.7. The molecule has 3 aromatic rings. The van der Waals surface area contributed by atoms with Crippen molar-refractivity contribution in [2.75, 3.05) is 12.4 Å². The van der Waals surface area contributed by atoms with Gasteiger partial charge < -0.3 is 10.2 Å². The molecule has 1 aromatic heterocycles. The zero-order valence-electron chi connectivity index (χ0n) is 15.0. The van der Waals surface area contributed by atoms with Crippen LogP contribution in [0.25, 0.3) is 0 Å². The molecule has 26 heavy (non-hydrogen) atoms. The number of aryl methyl sites for hydroxylation is 1.